The fourth-order valence-corrected chi connectivity index (χ4v) is 7.40. The van der Waals surface area contributed by atoms with Gasteiger partial charge >= 0.3 is 0 Å². The van der Waals surface area contributed by atoms with Crippen LogP contribution < -0.4 is 5.30 Å². The van der Waals surface area contributed by atoms with Crippen LogP contribution in [0.15, 0.2) is 67.1 Å². The predicted molar refractivity (Wildman–Crippen MR) is 130 cm³/mol. The van der Waals surface area contributed by atoms with Gasteiger partial charge in [0.15, 0.2) is 5.65 Å². The molecule has 4 heterocycles. The summed E-state index contributed by atoms with van der Waals surface area (Å²) < 4.78 is 17.3. The zero-order chi connectivity index (χ0) is 22.4. The fraction of sp³-hybridized carbons (Fsp3) is 0.280. The van der Waals surface area contributed by atoms with E-state index >= 15 is 0 Å². The van der Waals surface area contributed by atoms with Crippen molar-refractivity contribution in [2.24, 2.45) is 0 Å². The molecule has 0 saturated heterocycles. The molecule has 0 amide bonds. The van der Waals surface area contributed by atoms with Gasteiger partial charge in [-0.2, -0.15) is 0 Å². The van der Waals surface area contributed by atoms with Crippen LogP contribution in [0.1, 0.15) is 31.2 Å². The summed E-state index contributed by atoms with van der Waals surface area (Å²) in [7, 11) is -2.36. The molecule has 0 radical (unpaired) electrons. The second kappa shape index (κ2) is 7.92. The van der Waals surface area contributed by atoms with E-state index in [0.717, 1.165) is 40.5 Å². The van der Waals surface area contributed by atoms with Gasteiger partial charge in [0.05, 0.1) is 18.4 Å². The number of pyridine rings is 1. The molecule has 6 rings (SSSR count). The van der Waals surface area contributed by atoms with Crippen molar-refractivity contribution >= 4 is 29.3 Å². The standard InChI is InChI=1S/C25H25N6OP/c1-33(32,21-6-2-3-7-21)22-12-9-19(10-13-22)23-15-26-24-25(27-23)31(29-28-24)17-18-8-11-20-5-4-14-30(20)16-18/h4-5,8-16,21H,2-3,6-7,17H2,1H3. The highest BCUT2D eigenvalue weighted by Gasteiger charge is 2.32. The predicted octanol–water partition coefficient (Wildman–Crippen LogP) is 4.75. The van der Waals surface area contributed by atoms with Gasteiger partial charge in [0.1, 0.15) is 7.14 Å². The maximum absolute atomic E-state index is 13.4. The van der Waals surface area contributed by atoms with Crippen molar-refractivity contribution in [3.05, 3.63) is 72.7 Å². The third-order valence-corrected chi connectivity index (χ3v) is 10.1. The zero-order valence-corrected chi connectivity index (χ0v) is 19.4. The fourth-order valence-electron chi connectivity index (χ4n) is 4.88. The number of fused-ring (bicyclic) bond motifs is 2. The van der Waals surface area contributed by atoms with E-state index in [1.165, 1.54) is 12.8 Å². The molecule has 7 nitrogen and oxygen atoms in total. The number of rotatable bonds is 5. The quantitative estimate of drug-likeness (QED) is 0.357. The highest BCUT2D eigenvalue weighted by atomic mass is 31.2. The summed E-state index contributed by atoms with van der Waals surface area (Å²) >= 11 is 0. The van der Waals surface area contributed by atoms with Crippen LogP contribution in [-0.4, -0.2) is 41.7 Å². The molecule has 0 spiro atoms. The minimum Gasteiger partial charge on any atom is -0.324 e. The van der Waals surface area contributed by atoms with Crippen molar-refractivity contribution in [1.82, 2.24) is 29.4 Å². The Hall–Kier alpha value is -3.31. The van der Waals surface area contributed by atoms with Crippen LogP contribution in [0.4, 0.5) is 0 Å². The second-order valence-electron chi connectivity index (χ2n) is 9.00. The van der Waals surface area contributed by atoms with Crippen LogP contribution in [0, 0.1) is 0 Å². The molecule has 1 aromatic carbocycles. The van der Waals surface area contributed by atoms with E-state index in [-0.39, 0.29) is 0 Å². The van der Waals surface area contributed by atoms with Gasteiger partial charge in [-0.25, -0.2) is 14.6 Å². The van der Waals surface area contributed by atoms with E-state index in [1.807, 2.05) is 43.2 Å². The lowest BCUT2D eigenvalue weighted by Gasteiger charge is -2.20. The van der Waals surface area contributed by atoms with Crippen LogP contribution in [-0.2, 0) is 11.1 Å². The highest BCUT2D eigenvalue weighted by Crippen LogP contribution is 2.52. The minimum absolute atomic E-state index is 0.325. The lowest BCUT2D eigenvalue weighted by atomic mass is 10.2. The van der Waals surface area contributed by atoms with Gasteiger partial charge in [-0.3, -0.25) is 0 Å². The molecule has 0 N–H and O–H groups in total. The SMILES string of the molecule is CP(=O)(c1ccc(-c2cnc3nnn(Cc4ccc5cccn5c4)c3n2)cc1)C1CCCC1. The third kappa shape index (κ3) is 3.66. The summed E-state index contributed by atoms with van der Waals surface area (Å²) in [5.74, 6) is 0. The average molecular weight is 456 g/mol. The Balaban J connectivity index is 1.30. The molecule has 166 valence electrons. The Morgan fingerprint density at radius 2 is 1.88 bits per heavy atom. The van der Waals surface area contributed by atoms with Crippen molar-refractivity contribution in [1.29, 1.82) is 0 Å². The average Bonchev–Trinajstić information content (AvgIpc) is 3.60. The maximum atomic E-state index is 13.4. The van der Waals surface area contributed by atoms with Gasteiger partial charge in [0, 0.05) is 34.4 Å². The molecular weight excluding hydrogens is 431 g/mol. The molecule has 1 aliphatic rings. The molecule has 1 saturated carbocycles. The summed E-state index contributed by atoms with van der Waals surface area (Å²) in [6.07, 6.45) is 10.4. The van der Waals surface area contributed by atoms with Gasteiger partial charge in [-0.05, 0) is 43.3 Å². The monoisotopic (exact) mass is 456 g/mol. The van der Waals surface area contributed by atoms with E-state index in [0.29, 0.717) is 23.5 Å². The Morgan fingerprint density at radius 1 is 1.06 bits per heavy atom. The Kier molecular flexibility index (Phi) is 4.88. The molecule has 1 aliphatic carbocycles. The zero-order valence-electron chi connectivity index (χ0n) is 18.5. The molecule has 33 heavy (non-hydrogen) atoms. The molecule has 1 unspecified atom stereocenters. The van der Waals surface area contributed by atoms with E-state index in [9.17, 15) is 4.57 Å². The normalized spacial score (nSPS) is 16.5. The smallest absolute Gasteiger partial charge is 0.221 e. The van der Waals surface area contributed by atoms with Crippen molar-refractivity contribution in [3.63, 3.8) is 0 Å². The summed E-state index contributed by atoms with van der Waals surface area (Å²) in [6, 6.07) is 16.3. The van der Waals surface area contributed by atoms with E-state index in [4.69, 9.17) is 4.98 Å². The first-order chi connectivity index (χ1) is 16.1. The van der Waals surface area contributed by atoms with Crippen molar-refractivity contribution in [2.45, 2.75) is 37.9 Å². The van der Waals surface area contributed by atoms with Crippen LogP contribution in [0.25, 0.3) is 28.1 Å². The first kappa shape index (κ1) is 20.3. The topological polar surface area (TPSA) is 78.0 Å². The third-order valence-electron chi connectivity index (χ3n) is 6.84. The van der Waals surface area contributed by atoms with Crippen LogP contribution in [0.5, 0.6) is 0 Å². The van der Waals surface area contributed by atoms with Gasteiger partial charge in [0.25, 0.3) is 0 Å². The van der Waals surface area contributed by atoms with Gasteiger partial charge in [-0.15, -0.1) is 5.10 Å². The summed E-state index contributed by atoms with van der Waals surface area (Å²) in [6.45, 7) is 2.50. The maximum Gasteiger partial charge on any atom is 0.221 e. The number of aromatic nitrogens is 6. The number of hydrogen-bond acceptors (Lipinski definition) is 5. The molecule has 0 bridgehead atoms. The van der Waals surface area contributed by atoms with Crippen molar-refractivity contribution in [2.75, 3.05) is 6.66 Å². The number of hydrogen-bond donors (Lipinski definition) is 0. The molecular formula is C25H25N6OP. The van der Waals surface area contributed by atoms with E-state index < -0.39 is 7.14 Å². The van der Waals surface area contributed by atoms with Gasteiger partial charge < -0.3 is 8.97 Å². The Bertz CT molecular complexity index is 1500. The lowest BCUT2D eigenvalue weighted by Crippen LogP contribution is -2.14. The van der Waals surface area contributed by atoms with Gasteiger partial charge in [-0.1, -0.05) is 48.4 Å². The van der Waals surface area contributed by atoms with E-state index in [1.54, 1.807) is 10.9 Å². The number of benzene rings is 1. The molecule has 5 aromatic rings. The van der Waals surface area contributed by atoms with Crippen LogP contribution >= 0.6 is 7.14 Å². The molecule has 4 aromatic heterocycles. The summed E-state index contributed by atoms with van der Waals surface area (Å²) in [5, 5.41) is 9.42. The molecule has 1 fully saturated rings. The Morgan fingerprint density at radius 3 is 2.70 bits per heavy atom. The Labute approximate surface area is 191 Å². The first-order valence-corrected chi connectivity index (χ1v) is 13.6. The van der Waals surface area contributed by atoms with E-state index in [2.05, 4.69) is 44.1 Å². The number of nitrogens with zero attached hydrogens (tertiary/aromatic N) is 6. The lowest BCUT2D eigenvalue weighted by molar-refractivity contribution is 0.574. The molecule has 1 atom stereocenters. The minimum atomic E-state index is -2.36. The highest BCUT2D eigenvalue weighted by molar-refractivity contribution is 7.71. The second-order valence-corrected chi connectivity index (χ2v) is 12.2. The van der Waals surface area contributed by atoms with Crippen molar-refractivity contribution in [3.8, 4) is 11.3 Å². The first-order valence-electron chi connectivity index (χ1n) is 11.4. The van der Waals surface area contributed by atoms with Crippen LogP contribution in [0.3, 0.4) is 0 Å². The van der Waals surface area contributed by atoms with Crippen molar-refractivity contribution < 1.29 is 4.57 Å². The summed E-state index contributed by atoms with van der Waals surface area (Å²) in [4.78, 5) is 9.30. The summed E-state index contributed by atoms with van der Waals surface area (Å²) in [5.41, 5.74) is 5.45. The van der Waals surface area contributed by atoms with Crippen LogP contribution in [0.2, 0.25) is 0 Å². The molecule has 8 heteroatoms. The molecule has 0 aliphatic heterocycles. The largest absolute Gasteiger partial charge is 0.324 e. The van der Waals surface area contributed by atoms with Gasteiger partial charge in [0.2, 0.25) is 5.65 Å².